The maximum absolute atomic E-state index is 8.32. The molecule has 0 radical (unpaired) electrons. The summed E-state index contributed by atoms with van der Waals surface area (Å²) in [5.74, 6) is 0.831. The molecule has 0 aromatic rings. The first-order valence-electron chi connectivity index (χ1n) is 2.05. The van der Waals surface area contributed by atoms with Gasteiger partial charge in [0.2, 0.25) is 0 Å². The van der Waals surface area contributed by atoms with Crippen molar-refractivity contribution in [3.63, 3.8) is 0 Å². The zero-order valence-corrected chi connectivity index (χ0v) is 5.80. The molecule has 7 heavy (non-hydrogen) atoms. The van der Waals surface area contributed by atoms with E-state index in [9.17, 15) is 0 Å². The second-order valence-electron chi connectivity index (χ2n) is 1.24. The van der Waals surface area contributed by atoms with Crippen molar-refractivity contribution >= 4 is 23.4 Å². The fraction of sp³-hybridized carbons (Fsp3) is 1.00. The van der Waals surface area contributed by atoms with Crippen LogP contribution in [0.2, 0.25) is 0 Å². The van der Waals surface area contributed by atoms with E-state index in [1.807, 2.05) is 6.26 Å². The lowest BCUT2D eigenvalue weighted by molar-refractivity contribution is 0.299. The van der Waals surface area contributed by atoms with Crippen LogP contribution in [0.3, 0.4) is 0 Å². The van der Waals surface area contributed by atoms with Gasteiger partial charge in [-0.3, -0.25) is 0 Å². The SMILES string of the molecule is CSCC(Cl)CO. The van der Waals surface area contributed by atoms with Crippen LogP contribution in [0.25, 0.3) is 0 Å². The smallest absolute Gasteiger partial charge is 0.0657 e. The van der Waals surface area contributed by atoms with Gasteiger partial charge in [0.1, 0.15) is 0 Å². The van der Waals surface area contributed by atoms with E-state index < -0.39 is 0 Å². The summed E-state index contributed by atoms with van der Waals surface area (Å²) in [6, 6.07) is 0. The maximum atomic E-state index is 8.32. The molecule has 1 N–H and O–H groups in total. The van der Waals surface area contributed by atoms with Crippen molar-refractivity contribution in [2.45, 2.75) is 5.38 Å². The van der Waals surface area contributed by atoms with Gasteiger partial charge in [0.05, 0.1) is 12.0 Å². The van der Waals surface area contributed by atoms with E-state index in [1.54, 1.807) is 11.8 Å². The molecule has 0 spiro atoms. The number of rotatable bonds is 3. The van der Waals surface area contributed by atoms with Gasteiger partial charge < -0.3 is 5.11 Å². The average Bonchev–Trinajstić information content (AvgIpc) is 1.68. The van der Waals surface area contributed by atoms with Crippen molar-refractivity contribution in [2.75, 3.05) is 18.6 Å². The van der Waals surface area contributed by atoms with Gasteiger partial charge in [-0.2, -0.15) is 11.8 Å². The summed E-state index contributed by atoms with van der Waals surface area (Å²) in [7, 11) is 0. The minimum atomic E-state index is -0.0602. The van der Waals surface area contributed by atoms with Crippen molar-refractivity contribution in [3.8, 4) is 0 Å². The number of hydrogen-bond acceptors (Lipinski definition) is 2. The van der Waals surface area contributed by atoms with Crippen LogP contribution < -0.4 is 0 Å². The molecule has 1 atom stereocenters. The van der Waals surface area contributed by atoms with Gasteiger partial charge in [-0.15, -0.1) is 11.6 Å². The lowest BCUT2D eigenvalue weighted by atomic mass is 10.5. The summed E-state index contributed by atoms with van der Waals surface area (Å²) in [4.78, 5) is 0. The molecular weight excluding hydrogens is 132 g/mol. The van der Waals surface area contributed by atoms with Gasteiger partial charge in [-0.1, -0.05) is 0 Å². The topological polar surface area (TPSA) is 20.2 Å². The van der Waals surface area contributed by atoms with Crippen LogP contribution in [-0.4, -0.2) is 29.1 Å². The third-order valence-electron chi connectivity index (χ3n) is 0.546. The Morgan fingerprint density at radius 1 is 1.86 bits per heavy atom. The second-order valence-corrected chi connectivity index (χ2v) is 2.76. The fourth-order valence-corrected chi connectivity index (χ4v) is 1.08. The molecule has 0 aliphatic rings. The molecule has 0 saturated carbocycles. The average molecular weight is 141 g/mol. The number of hydrogen-bond donors (Lipinski definition) is 1. The minimum Gasteiger partial charge on any atom is -0.395 e. The Balaban J connectivity index is 2.83. The van der Waals surface area contributed by atoms with E-state index in [1.165, 1.54) is 0 Å². The van der Waals surface area contributed by atoms with Crippen LogP contribution in [0.4, 0.5) is 0 Å². The Morgan fingerprint density at radius 3 is 2.57 bits per heavy atom. The van der Waals surface area contributed by atoms with Crippen LogP contribution >= 0.6 is 23.4 Å². The molecule has 0 amide bonds. The maximum Gasteiger partial charge on any atom is 0.0657 e. The lowest BCUT2D eigenvalue weighted by Crippen LogP contribution is -2.06. The molecule has 1 nitrogen and oxygen atoms in total. The van der Waals surface area contributed by atoms with Crippen molar-refractivity contribution < 1.29 is 5.11 Å². The number of aliphatic hydroxyl groups is 1. The predicted molar refractivity (Wildman–Crippen MR) is 35.1 cm³/mol. The third-order valence-corrected chi connectivity index (χ3v) is 1.76. The first-order valence-corrected chi connectivity index (χ1v) is 3.88. The highest BCUT2D eigenvalue weighted by molar-refractivity contribution is 7.98. The summed E-state index contributed by atoms with van der Waals surface area (Å²) < 4.78 is 0. The van der Waals surface area contributed by atoms with E-state index in [2.05, 4.69) is 0 Å². The van der Waals surface area contributed by atoms with Gasteiger partial charge in [0.15, 0.2) is 0 Å². The van der Waals surface area contributed by atoms with Crippen molar-refractivity contribution in [3.05, 3.63) is 0 Å². The molecule has 0 aromatic heterocycles. The van der Waals surface area contributed by atoms with E-state index >= 15 is 0 Å². The van der Waals surface area contributed by atoms with Crippen molar-refractivity contribution in [1.29, 1.82) is 0 Å². The lowest BCUT2D eigenvalue weighted by Gasteiger charge is -1.98. The van der Waals surface area contributed by atoms with Gasteiger partial charge >= 0.3 is 0 Å². The molecule has 1 unspecified atom stereocenters. The summed E-state index contributed by atoms with van der Waals surface area (Å²) in [6.45, 7) is 0.0857. The molecule has 0 bridgehead atoms. The molecule has 0 rings (SSSR count). The highest BCUT2D eigenvalue weighted by atomic mass is 35.5. The Hall–Kier alpha value is 0.600. The molecule has 0 aliphatic heterocycles. The highest BCUT2D eigenvalue weighted by Gasteiger charge is 1.97. The Kier molecular flexibility index (Phi) is 5.16. The van der Waals surface area contributed by atoms with E-state index in [0.29, 0.717) is 0 Å². The summed E-state index contributed by atoms with van der Waals surface area (Å²) in [6.07, 6.45) is 1.96. The first-order chi connectivity index (χ1) is 3.31. The van der Waals surface area contributed by atoms with Crippen LogP contribution in [-0.2, 0) is 0 Å². The van der Waals surface area contributed by atoms with Crippen LogP contribution in [0, 0.1) is 0 Å². The second kappa shape index (κ2) is 4.75. The standard InChI is InChI=1S/C4H9ClOS/c1-7-3-4(5)2-6/h4,6H,2-3H2,1H3. The number of alkyl halides is 1. The summed E-state index contributed by atoms with van der Waals surface area (Å²) >= 11 is 7.14. The predicted octanol–water partition coefficient (Wildman–Crippen LogP) is 0.949. The van der Waals surface area contributed by atoms with E-state index in [-0.39, 0.29) is 12.0 Å². The van der Waals surface area contributed by atoms with E-state index in [0.717, 1.165) is 5.75 Å². The first kappa shape index (κ1) is 7.60. The van der Waals surface area contributed by atoms with Gasteiger partial charge in [-0.25, -0.2) is 0 Å². The molecule has 3 heteroatoms. The quantitative estimate of drug-likeness (QED) is 0.590. The van der Waals surface area contributed by atoms with Crippen LogP contribution in [0.5, 0.6) is 0 Å². The number of thioether (sulfide) groups is 1. The van der Waals surface area contributed by atoms with E-state index in [4.69, 9.17) is 16.7 Å². The monoisotopic (exact) mass is 140 g/mol. The molecule has 0 heterocycles. The fourth-order valence-electron chi connectivity index (χ4n) is 0.234. The third kappa shape index (κ3) is 4.45. The molecule has 0 saturated heterocycles. The zero-order valence-electron chi connectivity index (χ0n) is 4.22. The van der Waals surface area contributed by atoms with Gasteiger partial charge in [0.25, 0.3) is 0 Å². The minimum absolute atomic E-state index is 0.0602. The number of halogens is 1. The van der Waals surface area contributed by atoms with Gasteiger partial charge in [0, 0.05) is 5.75 Å². The highest BCUT2D eigenvalue weighted by Crippen LogP contribution is 2.01. The van der Waals surface area contributed by atoms with Crippen LogP contribution in [0.1, 0.15) is 0 Å². The zero-order chi connectivity index (χ0) is 5.70. The molecule has 0 aliphatic carbocycles. The largest absolute Gasteiger partial charge is 0.395 e. The Bertz CT molecular complexity index is 42.7. The van der Waals surface area contributed by atoms with Crippen LogP contribution in [0.15, 0.2) is 0 Å². The van der Waals surface area contributed by atoms with Crippen molar-refractivity contribution in [1.82, 2.24) is 0 Å². The molecule has 0 aromatic carbocycles. The van der Waals surface area contributed by atoms with Crippen molar-refractivity contribution in [2.24, 2.45) is 0 Å². The Labute approximate surface area is 53.1 Å². The normalized spacial score (nSPS) is 14.1. The summed E-state index contributed by atoms with van der Waals surface area (Å²) in [5.41, 5.74) is 0. The molecular formula is C4H9ClOS. The Morgan fingerprint density at radius 2 is 2.43 bits per heavy atom. The number of aliphatic hydroxyl groups excluding tert-OH is 1. The summed E-state index contributed by atoms with van der Waals surface area (Å²) in [5, 5.41) is 8.26. The molecule has 0 fully saturated rings. The molecule has 44 valence electrons. The van der Waals surface area contributed by atoms with Gasteiger partial charge in [-0.05, 0) is 6.26 Å².